The van der Waals surface area contributed by atoms with Gasteiger partial charge in [0.15, 0.2) is 11.5 Å². The van der Waals surface area contributed by atoms with Gasteiger partial charge in [0.25, 0.3) is 0 Å². The Morgan fingerprint density at radius 1 is 1.16 bits per heavy atom. The Morgan fingerprint density at radius 3 is 2.60 bits per heavy atom. The summed E-state index contributed by atoms with van der Waals surface area (Å²) < 4.78 is 44.5. The SMILES string of the molecule is COc1cc(C)c(S(=O)(=O)NC[C@H]2COc3ccccc3O2)cc1C. The van der Waals surface area contributed by atoms with Crippen molar-refractivity contribution in [1.82, 2.24) is 4.72 Å². The summed E-state index contributed by atoms with van der Waals surface area (Å²) in [4.78, 5) is 0.239. The second-order valence-corrected chi connectivity index (χ2v) is 7.67. The highest BCUT2D eigenvalue weighted by Gasteiger charge is 2.24. The zero-order chi connectivity index (χ0) is 18.0. The van der Waals surface area contributed by atoms with E-state index in [0.29, 0.717) is 29.4 Å². The molecule has 0 bridgehead atoms. The van der Waals surface area contributed by atoms with E-state index in [-0.39, 0.29) is 17.5 Å². The summed E-state index contributed by atoms with van der Waals surface area (Å²) in [6.45, 7) is 3.97. The normalized spacial score (nSPS) is 16.5. The number of sulfonamides is 1. The highest BCUT2D eigenvalue weighted by molar-refractivity contribution is 7.89. The molecule has 1 aliphatic heterocycles. The maximum absolute atomic E-state index is 12.6. The molecule has 0 fully saturated rings. The van der Waals surface area contributed by atoms with Crippen LogP contribution in [0.5, 0.6) is 17.2 Å². The van der Waals surface area contributed by atoms with Gasteiger partial charge in [0.1, 0.15) is 18.5 Å². The second kappa shape index (κ2) is 6.93. The van der Waals surface area contributed by atoms with Crippen molar-refractivity contribution in [3.8, 4) is 17.2 Å². The molecule has 6 nitrogen and oxygen atoms in total. The lowest BCUT2D eigenvalue weighted by atomic mass is 10.1. The molecule has 0 radical (unpaired) electrons. The Kier molecular flexibility index (Phi) is 4.87. The van der Waals surface area contributed by atoms with Crippen molar-refractivity contribution in [1.29, 1.82) is 0 Å². The van der Waals surface area contributed by atoms with Gasteiger partial charge >= 0.3 is 0 Å². The maximum Gasteiger partial charge on any atom is 0.240 e. The Bertz CT molecular complexity index is 879. The number of aryl methyl sites for hydroxylation is 2. The molecule has 0 aromatic heterocycles. The van der Waals surface area contributed by atoms with Crippen LogP contribution >= 0.6 is 0 Å². The van der Waals surface area contributed by atoms with Crippen molar-refractivity contribution in [2.24, 2.45) is 0 Å². The molecule has 0 saturated heterocycles. The first-order valence-corrected chi connectivity index (χ1v) is 9.42. The van der Waals surface area contributed by atoms with Crippen molar-refractivity contribution in [2.45, 2.75) is 24.8 Å². The molecule has 1 aliphatic rings. The molecule has 2 aromatic rings. The summed E-state index contributed by atoms with van der Waals surface area (Å²) >= 11 is 0. The minimum atomic E-state index is -3.66. The van der Waals surface area contributed by atoms with Gasteiger partial charge in [0, 0.05) is 0 Å². The lowest BCUT2D eigenvalue weighted by Crippen LogP contribution is -2.40. The van der Waals surface area contributed by atoms with Crippen LogP contribution in [0.25, 0.3) is 0 Å². The van der Waals surface area contributed by atoms with Crippen molar-refractivity contribution in [3.63, 3.8) is 0 Å². The monoisotopic (exact) mass is 363 g/mol. The summed E-state index contributed by atoms with van der Waals surface area (Å²) in [5, 5.41) is 0. The Labute approximate surface area is 147 Å². The van der Waals surface area contributed by atoms with Gasteiger partial charge in [0.2, 0.25) is 10.0 Å². The molecule has 134 valence electrons. The first-order valence-electron chi connectivity index (χ1n) is 7.94. The van der Waals surface area contributed by atoms with Crippen molar-refractivity contribution >= 4 is 10.0 Å². The molecule has 0 spiro atoms. The summed E-state index contributed by atoms with van der Waals surface area (Å²) in [7, 11) is -2.09. The van der Waals surface area contributed by atoms with Crippen LogP contribution < -0.4 is 18.9 Å². The van der Waals surface area contributed by atoms with Crippen molar-refractivity contribution < 1.29 is 22.6 Å². The Morgan fingerprint density at radius 2 is 1.88 bits per heavy atom. The fourth-order valence-electron chi connectivity index (χ4n) is 2.72. The van der Waals surface area contributed by atoms with Crippen LogP contribution in [0.3, 0.4) is 0 Å². The van der Waals surface area contributed by atoms with Crippen LogP contribution in [0.2, 0.25) is 0 Å². The van der Waals surface area contributed by atoms with E-state index >= 15 is 0 Å². The third-order valence-electron chi connectivity index (χ3n) is 4.05. The van der Waals surface area contributed by atoms with Gasteiger partial charge in [-0.1, -0.05) is 12.1 Å². The molecule has 7 heteroatoms. The molecule has 0 unspecified atom stereocenters. The van der Waals surface area contributed by atoms with Crippen LogP contribution in [0.4, 0.5) is 0 Å². The topological polar surface area (TPSA) is 73.9 Å². The number of methoxy groups -OCH3 is 1. The van der Waals surface area contributed by atoms with Gasteiger partial charge in [-0.25, -0.2) is 13.1 Å². The van der Waals surface area contributed by atoms with E-state index in [2.05, 4.69) is 4.72 Å². The third kappa shape index (κ3) is 3.72. The summed E-state index contributed by atoms with van der Waals surface area (Å²) in [5.41, 5.74) is 1.39. The van der Waals surface area contributed by atoms with Crippen LogP contribution in [-0.4, -0.2) is 34.8 Å². The number of para-hydroxylation sites is 2. The zero-order valence-electron chi connectivity index (χ0n) is 14.4. The summed E-state index contributed by atoms with van der Waals surface area (Å²) in [6, 6.07) is 10.7. The minimum Gasteiger partial charge on any atom is -0.496 e. The molecule has 1 N–H and O–H groups in total. The Balaban J connectivity index is 1.72. The van der Waals surface area contributed by atoms with Crippen LogP contribution in [-0.2, 0) is 10.0 Å². The van der Waals surface area contributed by atoms with Gasteiger partial charge in [-0.05, 0) is 49.2 Å². The van der Waals surface area contributed by atoms with E-state index in [9.17, 15) is 8.42 Å². The van der Waals surface area contributed by atoms with Gasteiger partial charge in [-0.2, -0.15) is 0 Å². The van der Waals surface area contributed by atoms with Crippen LogP contribution in [0.15, 0.2) is 41.3 Å². The van der Waals surface area contributed by atoms with E-state index in [4.69, 9.17) is 14.2 Å². The van der Waals surface area contributed by atoms with Crippen molar-refractivity contribution in [3.05, 3.63) is 47.5 Å². The standard InChI is InChI=1S/C18H21NO5S/c1-12-9-18(13(2)8-17(12)22-3)25(20,21)19-10-14-11-23-15-6-4-5-7-16(15)24-14/h4-9,14,19H,10-11H2,1-3H3/t14-/m0/s1. The highest BCUT2D eigenvalue weighted by atomic mass is 32.2. The summed E-state index contributed by atoms with van der Waals surface area (Å²) in [6.07, 6.45) is -0.385. The first-order chi connectivity index (χ1) is 11.9. The molecular weight excluding hydrogens is 342 g/mol. The number of ether oxygens (including phenoxy) is 3. The van der Waals surface area contributed by atoms with Crippen LogP contribution in [0.1, 0.15) is 11.1 Å². The maximum atomic E-state index is 12.6. The smallest absolute Gasteiger partial charge is 0.240 e. The minimum absolute atomic E-state index is 0.126. The fraction of sp³-hybridized carbons (Fsp3) is 0.333. The molecule has 1 atom stereocenters. The average Bonchev–Trinajstić information content (AvgIpc) is 2.61. The van der Waals surface area contributed by atoms with E-state index < -0.39 is 10.0 Å². The summed E-state index contributed by atoms with van der Waals surface area (Å²) in [5.74, 6) is 1.95. The predicted octanol–water partition coefficient (Wildman–Crippen LogP) is 2.43. The molecule has 3 rings (SSSR count). The van der Waals surface area contributed by atoms with E-state index in [0.717, 1.165) is 5.56 Å². The largest absolute Gasteiger partial charge is 0.496 e. The molecule has 0 saturated carbocycles. The number of rotatable bonds is 5. The first kappa shape index (κ1) is 17.6. The Hall–Kier alpha value is -2.25. The number of nitrogens with one attached hydrogen (secondary N) is 1. The van der Waals surface area contributed by atoms with Gasteiger partial charge in [-0.15, -0.1) is 0 Å². The number of fused-ring (bicyclic) bond motifs is 1. The quantitative estimate of drug-likeness (QED) is 0.883. The van der Waals surface area contributed by atoms with Crippen LogP contribution in [0, 0.1) is 13.8 Å². The molecule has 0 aliphatic carbocycles. The molecular formula is C18H21NO5S. The lowest BCUT2D eigenvalue weighted by Gasteiger charge is -2.26. The molecule has 1 heterocycles. The lowest BCUT2D eigenvalue weighted by molar-refractivity contribution is 0.0943. The van der Waals surface area contributed by atoms with Gasteiger partial charge in [-0.3, -0.25) is 0 Å². The number of benzene rings is 2. The molecule has 2 aromatic carbocycles. The van der Waals surface area contributed by atoms with Gasteiger partial charge in [0.05, 0.1) is 18.6 Å². The van der Waals surface area contributed by atoms with Crippen molar-refractivity contribution in [2.75, 3.05) is 20.3 Å². The molecule has 0 amide bonds. The van der Waals surface area contributed by atoms with Gasteiger partial charge < -0.3 is 14.2 Å². The number of hydrogen-bond donors (Lipinski definition) is 1. The molecule has 25 heavy (non-hydrogen) atoms. The predicted molar refractivity (Wildman–Crippen MR) is 94.0 cm³/mol. The number of hydrogen-bond acceptors (Lipinski definition) is 5. The van der Waals surface area contributed by atoms with E-state index in [1.165, 1.54) is 0 Å². The van der Waals surface area contributed by atoms with E-state index in [1.54, 1.807) is 32.2 Å². The van der Waals surface area contributed by atoms with E-state index in [1.807, 2.05) is 25.1 Å². The highest BCUT2D eigenvalue weighted by Crippen LogP contribution is 2.31. The third-order valence-corrected chi connectivity index (χ3v) is 5.62. The fourth-order valence-corrected chi connectivity index (χ4v) is 4.09. The zero-order valence-corrected chi connectivity index (χ0v) is 15.2. The average molecular weight is 363 g/mol. The second-order valence-electron chi connectivity index (χ2n) is 5.94.